The quantitative estimate of drug-likeness (QED) is 0.529. The Morgan fingerprint density at radius 2 is 1.96 bits per heavy atom. The molecule has 2 aromatic heterocycles. The van der Waals surface area contributed by atoms with Crippen LogP contribution in [0.1, 0.15) is 15.4 Å². The average Bonchev–Trinajstić information content (AvgIpc) is 3.05. The molecular formula is C17H15ClN4OS. The number of para-hydroxylation sites is 1. The van der Waals surface area contributed by atoms with Crippen LogP contribution < -0.4 is 11.1 Å². The Bertz CT molecular complexity index is 1040. The van der Waals surface area contributed by atoms with E-state index < -0.39 is 0 Å². The van der Waals surface area contributed by atoms with E-state index in [2.05, 4.69) is 10.3 Å². The zero-order valence-electron chi connectivity index (χ0n) is 12.8. The van der Waals surface area contributed by atoms with Gasteiger partial charge in [0.05, 0.1) is 11.0 Å². The van der Waals surface area contributed by atoms with Crippen molar-refractivity contribution < 1.29 is 4.79 Å². The molecule has 122 valence electrons. The molecule has 0 saturated heterocycles. The van der Waals surface area contributed by atoms with Gasteiger partial charge in [0.1, 0.15) is 4.88 Å². The highest BCUT2D eigenvalue weighted by molar-refractivity contribution is 7.19. The van der Waals surface area contributed by atoms with E-state index in [4.69, 9.17) is 5.73 Å². The Morgan fingerprint density at radius 3 is 2.71 bits per heavy atom. The number of fused-ring (bicyclic) bond motifs is 3. The lowest BCUT2D eigenvalue weighted by Crippen LogP contribution is -2.11. The zero-order valence-corrected chi connectivity index (χ0v) is 14.4. The van der Waals surface area contributed by atoms with Crippen molar-refractivity contribution in [1.29, 1.82) is 0 Å². The standard InChI is InChI=1S/C17H14N4OS.ClH/c1-10-15(16(22)19-12-5-3-2-4-6-12)23-17-20-13-8-7-11(18)9-14(13)21(10)17;/h2-9H,18H2,1H3,(H,19,22);1H. The number of aromatic nitrogens is 2. The first kappa shape index (κ1) is 16.3. The Labute approximate surface area is 148 Å². The third-order valence-corrected chi connectivity index (χ3v) is 4.88. The normalized spacial score (nSPS) is 10.7. The number of aryl methyl sites for hydroxylation is 1. The molecule has 0 aliphatic carbocycles. The lowest BCUT2D eigenvalue weighted by atomic mass is 10.2. The van der Waals surface area contributed by atoms with Crippen LogP contribution in [0.3, 0.4) is 0 Å². The van der Waals surface area contributed by atoms with Gasteiger partial charge in [-0.2, -0.15) is 0 Å². The van der Waals surface area contributed by atoms with Crippen molar-refractivity contribution in [2.45, 2.75) is 6.92 Å². The van der Waals surface area contributed by atoms with Crippen LogP contribution in [0.25, 0.3) is 16.0 Å². The molecule has 0 bridgehead atoms. The number of anilines is 2. The van der Waals surface area contributed by atoms with Gasteiger partial charge in [0, 0.05) is 17.1 Å². The molecule has 24 heavy (non-hydrogen) atoms. The predicted molar refractivity (Wildman–Crippen MR) is 101 cm³/mol. The van der Waals surface area contributed by atoms with E-state index in [0.29, 0.717) is 10.6 Å². The highest BCUT2D eigenvalue weighted by atomic mass is 35.5. The SMILES string of the molecule is Cc1c(C(=O)Nc2ccccc2)sc2nc3ccc(N)cc3n12.Cl. The fourth-order valence-corrected chi connectivity index (χ4v) is 3.69. The number of thiazole rings is 1. The van der Waals surface area contributed by atoms with Crippen molar-refractivity contribution in [3.8, 4) is 0 Å². The Morgan fingerprint density at radius 1 is 1.21 bits per heavy atom. The molecule has 0 radical (unpaired) electrons. The Hall–Kier alpha value is -2.57. The maximum absolute atomic E-state index is 12.5. The van der Waals surface area contributed by atoms with Crippen LogP contribution in [-0.4, -0.2) is 15.3 Å². The second-order valence-corrected chi connectivity index (χ2v) is 6.29. The number of hydrogen-bond donors (Lipinski definition) is 2. The van der Waals surface area contributed by atoms with E-state index in [-0.39, 0.29) is 18.3 Å². The average molecular weight is 359 g/mol. The Balaban J connectivity index is 0.00000169. The predicted octanol–water partition coefficient (Wildman–Crippen LogP) is 4.11. The summed E-state index contributed by atoms with van der Waals surface area (Å²) < 4.78 is 1.98. The number of carbonyl (C=O) groups excluding carboxylic acids is 1. The number of nitrogens with one attached hydrogen (secondary N) is 1. The van der Waals surface area contributed by atoms with Crippen LogP contribution in [0.4, 0.5) is 11.4 Å². The number of nitrogens with two attached hydrogens (primary N) is 1. The van der Waals surface area contributed by atoms with E-state index in [1.54, 1.807) is 0 Å². The first-order valence-electron chi connectivity index (χ1n) is 7.17. The van der Waals surface area contributed by atoms with Gasteiger partial charge in [-0.3, -0.25) is 9.20 Å². The molecule has 0 aliphatic heterocycles. The number of amides is 1. The summed E-state index contributed by atoms with van der Waals surface area (Å²) in [6.07, 6.45) is 0. The summed E-state index contributed by atoms with van der Waals surface area (Å²) in [6, 6.07) is 15.0. The number of carbonyl (C=O) groups is 1. The molecule has 5 nitrogen and oxygen atoms in total. The van der Waals surface area contributed by atoms with Gasteiger partial charge in [-0.1, -0.05) is 29.5 Å². The smallest absolute Gasteiger partial charge is 0.267 e. The molecule has 7 heteroatoms. The molecule has 0 unspecified atom stereocenters. The second kappa shape index (κ2) is 6.14. The minimum atomic E-state index is -0.124. The molecule has 2 heterocycles. The van der Waals surface area contributed by atoms with Gasteiger partial charge in [-0.15, -0.1) is 12.4 Å². The summed E-state index contributed by atoms with van der Waals surface area (Å²) in [5.41, 5.74) is 10.0. The summed E-state index contributed by atoms with van der Waals surface area (Å²) in [6.45, 7) is 1.92. The topological polar surface area (TPSA) is 72.4 Å². The third kappa shape index (κ3) is 2.60. The van der Waals surface area contributed by atoms with E-state index in [9.17, 15) is 4.79 Å². The van der Waals surface area contributed by atoms with Gasteiger partial charge in [0.15, 0.2) is 4.96 Å². The molecular weight excluding hydrogens is 344 g/mol. The fourth-order valence-electron chi connectivity index (χ4n) is 2.65. The van der Waals surface area contributed by atoms with Gasteiger partial charge in [0.2, 0.25) is 0 Å². The van der Waals surface area contributed by atoms with Crippen molar-refractivity contribution in [2.75, 3.05) is 11.1 Å². The van der Waals surface area contributed by atoms with E-state index in [1.807, 2.05) is 59.9 Å². The molecule has 0 atom stereocenters. The fraction of sp³-hybridized carbons (Fsp3) is 0.0588. The number of nitrogens with zero attached hydrogens (tertiary/aromatic N) is 2. The van der Waals surface area contributed by atoms with Gasteiger partial charge >= 0.3 is 0 Å². The van der Waals surface area contributed by atoms with Crippen molar-refractivity contribution in [2.24, 2.45) is 0 Å². The van der Waals surface area contributed by atoms with Crippen LogP contribution in [0.2, 0.25) is 0 Å². The largest absolute Gasteiger partial charge is 0.399 e. The highest BCUT2D eigenvalue weighted by Crippen LogP contribution is 2.29. The molecule has 4 rings (SSSR count). The molecule has 1 amide bonds. The summed E-state index contributed by atoms with van der Waals surface area (Å²) in [4.78, 5) is 18.6. The number of rotatable bonds is 2. The monoisotopic (exact) mass is 358 g/mol. The van der Waals surface area contributed by atoms with Crippen LogP contribution in [0.15, 0.2) is 48.5 Å². The Kier molecular flexibility index (Phi) is 4.17. The lowest BCUT2D eigenvalue weighted by Gasteiger charge is -2.04. The van der Waals surface area contributed by atoms with Crippen LogP contribution in [-0.2, 0) is 0 Å². The van der Waals surface area contributed by atoms with E-state index in [0.717, 1.165) is 27.4 Å². The maximum atomic E-state index is 12.5. The van der Waals surface area contributed by atoms with E-state index in [1.165, 1.54) is 11.3 Å². The minimum absolute atomic E-state index is 0. The third-order valence-electron chi connectivity index (χ3n) is 3.74. The van der Waals surface area contributed by atoms with Crippen molar-refractivity contribution >= 4 is 57.0 Å². The highest BCUT2D eigenvalue weighted by Gasteiger charge is 2.19. The first-order chi connectivity index (χ1) is 11.1. The maximum Gasteiger partial charge on any atom is 0.267 e. The van der Waals surface area contributed by atoms with Gasteiger partial charge in [-0.05, 0) is 37.3 Å². The molecule has 0 fully saturated rings. The summed E-state index contributed by atoms with van der Waals surface area (Å²) in [5, 5.41) is 2.91. The number of nitrogen functional groups attached to an aromatic ring is 1. The van der Waals surface area contributed by atoms with Crippen LogP contribution in [0, 0.1) is 6.92 Å². The van der Waals surface area contributed by atoms with Crippen molar-refractivity contribution in [3.63, 3.8) is 0 Å². The molecule has 0 spiro atoms. The molecule has 0 aliphatic rings. The number of halogens is 1. The van der Waals surface area contributed by atoms with Crippen molar-refractivity contribution in [1.82, 2.24) is 9.38 Å². The lowest BCUT2D eigenvalue weighted by molar-refractivity contribution is 0.102. The minimum Gasteiger partial charge on any atom is -0.399 e. The first-order valence-corrected chi connectivity index (χ1v) is 7.98. The number of benzene rings is 2. The molecule has 2 aromatic carbocycles. The second-order valence-electron chi connectivity index (χ2n) is 5.31. The van der Waals surface area contributed by atoms with Gasteiger partial charge in [-0.25, -0.2) is 4.98 Å². The van der Waals surface area contributed by atoms with Crippen molar-refractivity contribution in [3.05, 3.63) is 59.1 Å². The molecule has 3 N–H and O–H groups in total. The van der Waals surface area contributed by atoms with Crippen LogP contribution in [0.5, 0.6) is 0 Å². The van der Waals surface area contributed by atoms with Gasteiger partial charge < -0.3 is 11.1 Å². The number of imidazole rings is 1. The number of hydrogen-bond acceptors (Lipinski definition) is 4. The zero-order chi connectivity index (χ0) is 16.0. The molecule has 0 saturated carbocycles. The summed E-state index contributed by atoms with van der Waals surface area (Å²) in [7, 11) is 0. The van der Waals surface area contributed by atoms with Crippen LogP contribution >= 0.6 is 23.7 Å². The summed E-state index contributed by atoms with van der Waals surface area (Å²) >= 11 is 1.38. The van der Waals surface area contributed by atoms with E-state index >= 15 is 0 Å². The van der Waals surface area contributed by atoms with Gasteiger partial charge in [0.25, 0.3) is 5.91 Å². The summed E-state index contributed by atoms with van der Waals surface area (Å²) in [5.74, 6) is -0.124. The molecule has 4 aromatic rings.